The second kappa shape index (κ2) is 5.11. The standard InChI is InChI=1S/C15H18O4/c16-15(17)7-10-1-3-11(4-2-10)12-5-6-13-14(8-12)19-9-18-13/h5-6,8,10-11H,1-4,7,9H2,(H,16,17). The smallest absolute Gasteiger partial charge is 0.303 e. The SMILES string of the molecule is O=C(O)CC1CCC(c2ccc3c(c2)OCO3)CC1. The van der Waals surface area contributed by atoms with Gasteiger partial charge in [0.2, 0.25) is 6.79 Å². The summed E-state index contributed by atoms with van der Waals surface area (Å²) < 4.78 is 10.7. The molecule has 1 aromatic rings. The van der Waals surface area contributed by atoms with Gasteiger partial charge in [0.25, 0.3) is 0 Å². The van der Waals surface area contributed by atoms with Crippen LogP contribution in [0.1, 0.15) is 43.6 Å². The summed E-state index contributed by atoms with van der Waals surface area (Å²) in [6, 6.07) is 6.15. The van der Waals surface area contributed by atoms with Gasteiger partial charge >= 0.3 is 5.97 Å². The van der Waals surface area contributed by atoms with Gasteiger partial charge in [0.15, 0.2) is 11.5 Å². The Morgan fingerprint density at radius 3 is 2.63 bits per heavy atom. The van der Waals surface area contributed by atoms with Gasteiger partial charge in [-0.05, 0) is 55.2 Å². The number of rotatable bonds is 3. The number of hydrogen-bond acceptors (Lipinski definition) is 3. The minimum Gasteiger partial charge on any atom is -0.481 e. The molecule has 0 saturated heterocycles. The number of carboxylic acids is 1. The normalized spacial score (nSPS) is 25.3. The predicted molar refractivity (Wildman–Crippen MR) is 69.5 cm³/mol. The first-order valence-corrected chi connectivity index (χ1v) is 6.83. The van der Waals surface area contributed by atoms with Crippen molar-refractivity contribution >= 4 is 5.97 Å². The van der Waals surface area contributed by atoms with Gasteiger partial charge in [0, 0.05) is 6.42 Å². The van der Waals surface area contributed by atoms with Gasteiger partial charge < -0.3 is 14.6 Å². The quantitative estimate of drug-likeness (QED) is 0.909. The van der Waals surface area contributed by atoms with E-state index in [4.69, 9.17) is 14.6 Å². The van der Waals surface area contributed by atoms with Gasteiger partial charge in [0.05, 0.1) is 0 Å². The second-order valence-corrected chi connectivity index (χ2v) is 5.43. The first-order valence-electron chi connectivity index (χ1n) is 6.83. The lowest BCUT2D eigenvalue weighted by Crippen LogP contribution is -2.16. The molecule has 4 nitrogen and oxygen atoms in total. The van der Waals surface area contributed by atoms with E-state index in [9.17, 15) is 4.79 Å². The summed E-state index contributed by atoms with van der Waals surface area (Å²) in [4.78, 5) is 10.7. The highest BCUT2D eigenvalue weighted by atomic mass is 16.7. The zero-order chi connectivity index (χ0) is 13.2. The molecule has 3 rings (SSSR count). The van der Waals surface area contributed by atoms with Crippen LogP contribution < -0.4 is 9.47 Å². The van der Waals surface area contributed by atoms with Crippen LogP contribution >= 0.6 is 0 Å². The van der Waals surface area contributed by atoms with Crippen molar-refractivity contribution < 1.29 is 19.4 Å². The van der Waals surface area contributed by atoms with E-state index >= 15 is 0 Å². The molecule has 1 aliphatic heterocycles. The van der Waals surface area contributed by atoms with Crippen molar-refractivity contribution in [2.24, 2.45) is 5.92 Å². The molecule has 2 aliphatic rings. The summed E-state index contributed by atoms with van der Waals surface area (Å²) in [5.41, 5.74) is 1.29. The molecule has 0 spiro atoms. The van der Waals surface area contributed by atoms with Crippen LogP contribution in [-0.2, 0) is 4.79 Å². The summed E-state index contributed by atoms with van der Waals surface area (Å²) in [5.74, 6) is 1.86. The molecule has 19 heavy (non-hydrogen) atoms. The van der Waals surface area contributed by atoms with E-state index in [0.717, 1.165) is 37.2 Å². The molecular weight excluding hydrogens is 244 g/mol. The van der Waals surface area contributed by atoms with E-state index in [-0.39, 0.29) is 0 Å². The fourth-order valence-corrected chi connectivity index (χ4v) is 3.11. The first kappa shape index (κ1) is 12.3. The molecule has 0 radical (unpaired) electrons. The summed E-state index contributed by atoms with van der Waals surface area (Å²) >= 11 is 0. The Kier molecular flexibility index (Phi) is 3.32. The molecule has 102 valence electrons. The van der Waals surface area contributed by atoms with E-state index in [1.807, 2.05) is 6.07 Å². The lowest BCUT2D eigenvalue weighted by Gasteiger charge is -2.28. The molecule has 1 fully saturated rings. The van der Waals surface area contributed by atoms with Crippen molar-refractivity contribution in [1.29, 1.82) is 0 Å². The average molecular weight is 262 g/mol. The topological polar surface area (TPSA) is 55.8 Å². The summed E-state index contributed by atoms with van der Waals surface area (Å²) in [5, 5.41) is 8.82. The van der Waals surface area contributed by atoms with Gasteiger partial charge in [-0.1, -0.05) is 6.07 Å². The van der Waals surface area contributed by atoms with Gasteiger partial charge in [-0.15, -0.1) is 0 Å². The molecule has 0 unspecified atom stereocenters. The highest BCUT2D eigenvalue weighted by molar-refractivity contribution is 5.67. The predicted octanol–water partition coefficient (Wildman–Crippen LogP) is 3.16. The molecule has 1 aromatic carbocycles. The third-order valence-electron chi connectivity index (χ3n) is 4.18. The van der Waals surface area contributed by atoms with E-state index in [0.29, 0.717) is 25.0 Å². The van der Waals surface area contributed by atoms with Crippen LogP contribution in [0.4, 0.5) is 0 Å². The maximum Gasteiger partial charge on any atom is 0.303 e. The summed E-state index contributed by atoms with van der Waals surface area (Å²) in [6.07, 6.45) is 4.46. The molecule has 1 N–H and O–H groups in total. The number of carbonyl (C=O) groups is 1. The van der Waals surface area contributed by atoms with E-state index < -0.39 is 5.97 Å². The number of carboxylic acid groups (broad SMARTS) is 1. The Bertz CT molecular complexity index is 475. The number of fused-ring (bicyclic) bond motifs is 1. The van der Waals surface area contributed by atoms with Crippen molar-refractivity contribution in [3.8, 4) is 11.5 Å². The fourth-order valence-electron chi connectivity index (χ4n) is 3.11. The molecule has 0 aromatic heterocycles. The minimum atomic E-state index is -0.675. The number of hydrogen-bond donors (Lipinski definition) is 1. The monoisotopic (exact) mass is 262 g/mol. The van der Waals surface area contributed by atoms with Crippen LogP contribution in [-0.4, -0.2) is 17.9 Å². The second-order valence-electron chi connectivity index (χ2n) is 5.43. The number of benzene rings is 1. The summed E-state index contributed by atoms with van der Waals surface area (Å²) in [7, 11) is 0. The van der Waals surface area contributed by atoms with Crippen LogP contribution in [0.25, 0.3) is 0 Å². The highest BCUT2D eigenvalue weighted by Gasteiger charge is 2.25. The van der Waals surface area contributed by atoms with Crippen molar-refractivity contribution in [2.45, 2.75) is 38.0 Å². The highest BCUT2D eigenvalue weighted by Crippen LogP contribution is 2.41. The molecule has 0 atom stereocenters. The molecule has 1 saturated carbocycles. The third kappa shape index (κ3) is 2.67. The summed E-state index contributed by atoms with van der Waals surface area (Å²) in [6.45, 7) is 0.310. The Balaban J connectivity index is 1.63. The first-order chi connectivity index (χ1) is 9.22. The molecule has 1 heterocycles. The molecule has 0 amide bonds. The van der Waals surface area contributed by atoms with Gasteiger partial charge in [-0.25, -0.2) is 0 Å². The van der Waals surface area contributed by atoms with Crippen molar-refractivity contribution in [1.82, 2.24) is 0 Å². The van der Waals surface area contributed by atoms with Crippen LogP contribution in [0, 0.1) is 5.92 Å². The number of ether oxygens (including phenoxy) is 2. The van der Waals surface area contributed by atoms with Gasteiger partial charge in [-0.2, -0.15) is 0 Å². The van der Waals surface area contributed by atoms with Crippen LogP contribution in [0.15, 0.2) is 18.2 Å². The Labute approximate surface area is 112 Å². The van der Waals surface area contributed by atoms with E-state index in [2.05, 4.69) is 12.1 Å². The molecular formula is C15H18O4. The lowest BCUT2D eigenvalue weighted by atomic mass is 9.77. The maximum absolute atomic E-state index is 10.7. The van der Waals surface area contributed by atoms with Gasteiger partial charge in [0.1, 0.15) is 0 Å². The van der Waals surface area contributed by atoms with Gasteiger partial charge in [-0.3, -0.25) is 4.79 Å². The lowest BCUT2D eigenvalue weighted by molar-refractivity contribution is -0.138. The fraction of sp³-hybridized carbons (Fsp3) is 0.533. The van der Waals surface area contributed by atoms with Crippen molar-refractivity contribution in [3.05, 3.63) is 23.8 Å². The molecule has 1 aliphatic carbocycles. The number of aliphatic carboxylic acids is 1. The zero-order valence-electron chi connectivity index (χ0n) is 10.8. The molecule has 4 heteroatoms. The third-order valence-corrected chi connectivity index (χ3v) is 4.18. The van der Waals surface area contributed by atoms with E-state index in [1.54, 1.807) is 0 Å². The van der Waals surface area contributed by atoms with Crippen LogP contribution in [0.5, 0.6) is 11.5 Å². The maximum atomic E-state index is 10.7. The molecule has 0 bridgehead atoms. The minimum absolute atomic E-state index is 0.310. The van der Waals surface area contributed by atoms with Crippen molar-refractivity contribution in [2.75, 3.05) is 6.79 Å². The van der Waals surface area contributed by atoms with Crippen LogP contribution in [0.2, 0.25) is 0 Å². The zero-order valence-corrected chi connectivity index (χ0v) is 10.8. The average Bonchev–Trinajstić information content (AvgIpc) is 2.86. The Hall–Kier alpha value is -1.71. The largest absolute Gasteiger partial charge is 0.481 e. The Morgan fingerprint density at radius 1 is 1.16 bits per heavy atom. The Morgan fingerprint density at radius 2 is 1.89 bits per heavy atom. The van der Waals surface area contributed by atoms with E-state index in [1.165, 1.54) is 5.56 Å². The van der Waals surface area contributed by atoms with Crippen LogP contribution in [0.3, 0.4) is 0 Å². The van der Waals surface area contributed by atoms with Crippen molar-refractivity contribution in [3.63, 3.8) is 0 Å².